The number of thiazole rings is 1. The number of esters is 1. The number of nitrogens with zero attached hydrogens (tertiary/aromatic N) is 2. The van der Waals surface area contributed by atoms with Crippen molar-refractivity contribution in [3.8, 4) is 5.75 Å². The van der Waals surface area contributed by atoms with Gasteiger partial charge in [0.1, 0.15) is 18.0 Å². The number of aromatic nitrogens is 1. The van der Waals surface area contributed by atoms with Crippen molar-refractivity contribution in [2.24, 2.45) is 4.99 Å². The van der Waals surface area contributed by atoms with Gasteiger partial charge >= 0.3 is 5.97 Å². The molecule has 1 amide bonds. The third kappa shape index (κ3) is 5.25. The van der Waals surface area contributed by atoms with E-state index in [4.69, 9.17) is 9.47 Å². The fourth-order valence-corrected chi connectivity index (χ4v) is 5.46. The van der Waals surface area contributed by atoms with Crippen LogP contribution in [0.15, 0.2) is 46.3 Å². The topological polar surface area (TPSA) is 104 Å². The standard InChI is InChI=1S/C22H24N2O6S2/c1-5-30-20(26)12-24-18-11-14(2)10-15(3)21(18)31-22(24)23-19(25)13-32(27,28)17-8-6-16(29-4)7-9-17/h6-11H,5,12-13H2,1-4H3. The van der Waals surface area contributed by atoms with Crippen LogP contribution in [0, 0.1) is 13.8 Å². The monoisotopic (exact) mass is 476 g/mol. The van der Waals surface area contributed by atoms with Crippen LogP contribution in [0.2, 0.25) is 0 Å². The SMILES string of the molecule is CCOC(=O)Cn1c(=NC(=O)CS(=O)(=O)c2ccc(OC)cc2)sc2c(C)cc(C)cc21. The predicted molar refractivity (Wildman–Crippen MR) is 122 cm³/mol. The molecule has 0 N–H and O–H groups in total. The Balaban J connectivity index is 2.01. The molecule has 10 heteroatoms. The molecule has 0 saturated carbocycles. The minimum Gasteiger partial charge on any atom is -0.497 e. The van der Waals surface area contributed by atoms with Gasteiger partial charge in [-0.1, -0.05) is 17.4 Å². The van der Waals surface area contributed by atoms with Gasteiger partial charge < -0.3 is 14.0 Å². The van der Waals surface area contributed by atoms with Gasteiger partial charge in [-0.05, 0) is 62.2 Å². The molecule has 32 heavy (non-hydrogen) atoms. The number of aryl methyl sites for hydroxylation is 2. The second kappa shape index (κ2) is 9.66. The number of fused-ring (bicyclic) bond motifs is 1. The van der Waals surface area contributed by atoms with Crippen LogP contribution in [-0.2, 0) is 30.7 Å². The van der Waals surface area contributed by atoms with Crippen LogP contribution in [0.5, 0.6) is 5.75 Å². The highest BCUT2D eigenvalue weighted by Crippen LogP contribution is 2.24. The van der Waals surface area contributed by atoms with Crippen LogP contribution in [0.25, 0.3) is 10.2 Å². The van der Waals surface area contributed by atoms with Crippen molar-refractivity contribution < 1.29 is 27.5 Å². The van der Waals surface area contributed by atoms with Crippen LogP contribution in [0.1, 0.15) is 18.1 Å². The van der Waals surface area contributed by atoms with Crippen molar-refractivity contribution in [2.75, 3.05) is 19.5 Å². The van der Waals surface area contributed by atoms with E-state index in [9.17, 15) is 18.0 Å². The molecule has 1 aromatic heterocycles. The van der Waals surface area contributed by atoms with Crippen molar-refractivity contribution in [3.63, 3.8) is 0 Å². The number of rotatable bonds is 7. The molecule has 0 saturated heterocycles. The molecule has 0 bridgehead atoms. The number of methoxy groups -OCH3 is 1. The number of hydrogen-bond donors (Lipinski definition) is 0. The molecule has 0 atom stereocenters. The van der Waals surface area contributed by atoms with Crippen LogP contribution in [0.4, 0.5) is 0 Å². The fraction of sp³-hybridized carbons (Fsp3) is 0.318. The predicted octanol–water partition coefficient (Wildman–Crippen LogP) is 2.79. The van der Waals surface area contributed by atoms with E-state index in [2.05, 4.69) is 4.99 Å². The van der Waals surface area contributed by atoms with E-state index >= 15 is 0 Å². The number of amides is 1. The second-order valence-electron chi connectivity index (χ2n) is 7.15. The summed E-state index contributed by atoms with van der Waals surface area (Å²) in [6.07, 6.45) is 0. The Labute approximate surface area is 190 Å². The summed E-state index contributed by atoms with van der Waals surface area (Å²) in [4.78, 5) is 29.1. The summed E-state index contributed by atoms with van der Waals surface area (Å²) >= 11 is 1.23. The zero-order chi connectivity index (χ0) is 23.5. The average Bonchev–Trinajstić information content (AvgIpc) is 3.05. The Morgan fingerprint density at radius 2 is 1.81 bits per heavy atom. The van der Waals surface area contributed by atoms with Crippen molar-refractivity contribution in [1.29, 1.82) is 0 Å². The van der Waals surface area contributed by atoms with E-state index in [1.807, 2.05) is 26.0 Å². The van der Waals surface area contributed by atoms with E-state index in [1.165, 1.54) is 42.7 Å². The van der Waals surface area contributed by atoms with Gasteiger partial charge in [0.25, 0.3) is 5.91 Å². The lowest BCUT2D eigenvalue weighted by molar-refractivity contribution is -0.143. The van der Waals surface area contributed by atoms with Crippen molar-refractivity contribution in [2.45, 2.75) is 32.2 Å². The molecule has 170 valence electrons. The number of benzene rings is 2. The molecule has 1 heterocycles. The molecular formula is C22H24N2O6S2. The number of sulfone groups is 1. The first-order valence-electron chi connectivity index (χ1n) is 9.85. The number of ether oxygens (including phenoxy) is 2. The highest BCUT2D eigenvalue weighted by Gasteiger charge is 2.20. The lowest BCUT2D eigenvalue weighted by Crippen LogP contribution is -2.24. The molecule has 2 aromatic carbocycles. The molecular weight excluding hydrogens is 452 g/mol. The van der Waals surface area contributed by atoms with Gasteiger partial charge in [0, 0.05) is 0 Å². The Hall–Kier alpha value is -2.98. The highest BCUT2D eigenvalue weighted by atomic mass is 32.2. The molecule has 8 nitrogen and oxygen atoms in total. The summed E-state index contributed by atoms with van der Waals surface area (Å²) in [6, 6.07) is 9.68. The normalized spacial score (nSPS) is 12.2. The van der Waals surface area contributed by atoms with Crippen molar-refractivity contribution in [3.05, 3.63) is 52.3 Å². The zero-order valence-electron chi connectivity index (χ0n) is 18.2. The van der Waals surface area contributed by atoms with Gasteiger partial charge in [-0.2, -0.15) is 4.99 Å². The van der Waals surface area contributed by atoms with Gasteiger partial charge in [0.15, 0.2) is 14.6 Å². The largest absolute Gasteiger partial charge is 0.497 e. The maximum atomic E-state index is 12.7. The number of carbonyl (C=O) groups is 2. The van der Waals surface area contributed by atoms with Crippen LogP contribution >= 0.6 is 11.3 Å². The lowest BCUT2D eigenvalue weighted by Gasteiger charge is -2.06. The van der Waals surface area contributed by atoms with Gasteiger partial charge in [-0.15, -0.1) is 0 Å². The molecule has 3 rings (SSSR count). The minimum atomic E-state index is -3.89. The van der Waals surface area contributed by atoms with Crippen molar-refractivity contribution >= 4 is 43.3 Å². The number of carbonyl (C=O) groups excluding carboxylic acids is 2. The molecule has 0 aliphatic carbocycles. The molecule has 0 spiro atoms. The Kier molecular flexibility index (Phi) is 7.15. The smallest absolute Gasteiger partial charge is 0.326 e. The first-order chi connectivity index (χ1) is 15.1. The van der Waals surface area contributed by atoms with Gasteiger partial charge in [0.05, 0.1) is 28.8 Å². The highest BCUT2D eigenvalue weighted by molar-refractivity contribution is 7.92. The Bertz CT molecular complexity index is 1340. The van der Waals surface area contributed by atoms with E-state index in [1.54, 1.807) is 11.5 Å². The Morgan fingerprint density at radius 1 is 1.12 bits per heavy atom. The lowest BCUT2D eigenvalue weighted by atomic mass is 10.1. The maximum absolute atomic E-state index is 12.7. The van der Waals surface area contributed by atoms with E-state index in [0.717, 1.165) is 21.3 Å². The van der Waals surface area contributed by atoms with Crippen molar-refractivity contribution in [1.82, 2.24) is 4.57 Å². The van der Waals surface area contributed by atoms with Gasteiger partial charge in [0.2, 0.25) is 0 Å². The maximum Gasteiger partial charge on any atom is 0.326 e. The second-order valence-corrected chi connectivity index (χ2v) is 10.1. The molecule has 0 aliphatic rings. The first kappa shape index (κ1) is 23.7. The summed E-state index contributed by atoms with van der Waals surface area (Å²) in [7, 11) is -2.41. The summed E-state index contributed by atoms with van der Waals surface area (Å²) in [5.41, 5.74) is 2.71. The quantitative estimate of drug-likeness (QED) is 0.486. The molecule has 0 aliphatic heterocycles. The summed E-state index contributed by atoms with van der Waals surface area (Å²) < 4.78 is 37.8. The Morgan fingerprint density at radius 3 is 2.44 bits per heavy atom. The van der Waals surface area contributed by atoms with Gasteiger partial charge in [-0.3, -0.25) is 9.59 Å². The third-order valence-corrected chi connectivity index (χ3v) is 7.51. The fourth-order valence-electron chi connectivity index (χ4n) is 3.25. The molecule has 0 fully saturated rings. The molecule has 0 unspecified atom stereocenters. The number of hydrogen-bond acceptors (Lipinski definition) is 7. The van der Waals surface area contributed by atoms with Crippen LogP contribution in [0.3, 0.4) is 0 Å². The van der Waals surface area contributed by atoms with E-state index in [-0.39, 0.29) is 22.8 Å². The zero-order valence-corrected chi connectivity index (χ0v) is 19.9. The van der Waals surface area contributed by atoms with E-state index in [0.29, 0.717) is 5.75 Å². The van der Waals surface area contributed by atoms with Crippen LogP contribution in [-0.4, -0.2) is 44.3 Å². The molecule has 3 aromatic rings. The van der Waals surface area contributed by atoms with Gasteiger partial charge in [-0.25, -0.2) is 8.42 Å². The first-order valence-corrected chi connectivity index (χ1v) is 12.3. The summed E-state index contributed by atoms with van der Waals surface area (Å²) in [5.74, 6) is -1.56. The summed E-state index contributed by atoms with van der Waals surface area (Å²) in [6.45, 7) is 5.67. The minimum absolute atomic E-state index is 0.00376. The summed E-state index contributed by atoms with van der Waals surface area (Å²) in [5, 5.41) is 0. The van der Waals surface area contributed by atoms with Crippen LogP contribution < -0.4 is 9.54 Å². The third-order valence-electron chi connectivity index (χ3n) is 4.66. The molecule has 0 radical (unpaired) electrons. The van der Waals surface area contributed by atoms with E-state index < -0.39 is 27.5 Å². The average molecular weight is 477 g/mol.